The molecule has 0 spiro atoms. The highest BCUT2D eigenvalue weighted by molar-refractivity contribution is 8.00. The van der Waals surface area contributed by atoms with Crippen LogP contribution in [0.3, 0.4) is 0 Å². The molecule has 0 bridgehead atoms. The van der Waals surface area contributed by atoms with Crippen LogP contribution >= 0.6 is 11.8 Å². The Kier molecular flexibility index (Phi) is 6.64. The van der Waals surface area contributed by atoms with E-state index in [2.05, 4.69) is 15.8 Å². The molecule has 28 heavy (non-hydrogen) atoms. The van der Waals surface area contributed by atoms with Gasteiger partial charge >= 0.3 is 0 Å². The second-order valence-corrected chi connectivity index (χ2v) is 6.97. The molecule has 0 unspecified atom stereocenters. The second kappa shape index (κ2) is 9.57. The molecule has 3 aromatic rings. The molecule has 0 radical (unpaired) electrons. The van der Waals surface area contributed by atoms with Gasteiger partial charge in [-0.3, -0.25) is 9.59 Å². The van der Waals surface area contributed by atoms with Gasteiger partial charge in [0, 0.05) is 22.7 Å². The van der Waals surface area contributed by atoms with Gasteiger partial charge in [0.15, 0.2) is 5.82 Å². The minimum Gasteiger partial charge on any atom is -0.360 e. The lowest BCUT2D eigenvalue weighted by Crippen LogP contribution is -2.14. The Hall–Kier alpha value is -3.32. The standard InChI is InChI=1S/C21H19N3O3S/c1-15-12-19(24-27-15)23-21(26)14-28-18-9-5-8-17(13-18)22-20(25)11-10-16-6-3-2-4-7-16/h2-13H,14H2,1H3,(H,22,25)(H,23,24,26)/b11-10+. The first-order valence-corrected chi connectivity index (χ1v) is 9.57. The lowest BCUT2D eigenvalue weighted by atomic mass is 10.2. The van der Waals surface area contributed by atoms with E-state index in [1.165, 1.54) is 17.8 Å². The quantitative estimate of drug-likeness (QED) is 0.460. The van der Waals surface area contributed by atoms with Crippen LogP contribution in [0.1, 0.15) is 11.3 Å². The Morgan fingerprint density at radius 2 is 1.89 bits per heavy atom. The number of thioether (sulfide) groups is 1. The summed E-state index contributed by atoms with van der Waals surface area (Å²) in [5.74, 6) is 0.850. The van der Waals surface area contributed by atoms with E-state index in [1.54, 1.807) is 25.1 Å². The van der Waals surface area contributed by atoms with Crippen LogP contribution in [0.2, 0.25) is 0 Å². The number of hydrogen-bond donors (Lipinski definition) is 2. The average molecular weight is 393 g/mol. The first-order chi connectivity index (χ1) is 13.6. The van der Waals surface area contributed by atoms with Gasteiger partial charge in [-0.2, -0.15) is 0 Å². The smallest absolute Gasteiger partial charge is 0.248 e. The van der Waals surface area contributed by atoms with Crippen LogP contribution < -0.4 is 10.6 Å². The van der Waals surface area contributed by atoms with Crippen molar-refractivity contribution in [1.82, 2.24) is 5.16 Å². The van der Waals surface area contributed by atoms with Crippen LogP contribution in [0.15, 0.2) is 76.2 Å². The van der Waals surface area contributed by atoms with Gasteiger partial charge in [-0.05, 0) is 36.8 Å². The maximum Gasteiger partial charge on any atom is 0.248 e. The van der Waals surface area contributed by atoms with E-state index in [-0.39, 0.29) is 17.6 Å². The lowest BCUT2D eigenvalue weighted by Gasteiger charge is -2.06. The SMILES string of the molecule is Cc1cc(NC(=O)CSc2cccc(NC(=O)/C=C/c3ccccc3)c2)no1. The molecule has 0 aliphatic rings. The van der Waals surface area contributed by atoms with Crippen LogP contribution in [-0.4, -0.2) is 22.7 Å². The summed E-state index contributed by atoms with van der Waals surface area (Å²) in [6.07, 6.45) is 3.24. The number of nitrogens with zero attached hydrogens (tertiary/aromatic N) is 1. The Morgan fingerprint density at radius 3 is 2.64 bits per heavy atom. The van der Waals surface area contributed by atoms with Gasteiger partial charge in [-0.15, -0.1) is 11.8 Å². The molecule has 142 valence electrons. The molecular weight excluding hydrogens is 374 g/mol. The van der Waals surface area contributed by atoms with Crippen molar-refractivity contribution >= 4 is 41.2 Å². The van der Waals surface area contributed by atoms with Gasteiger partial charge in [0.1, 0.15) is 5.76 Å². The summed E-state index contributed by atoms with van der Waals surface area (Å²) in [7, 11) is 0. The molecule has 2 N–H and O–H groups in total. The summed E-state index contributed by atoms with van der Waals surface area (Å²) >= 11 is 1.37. The number of amides is 2. The van der Waals surface area contributed by atoms with Crippen molar-refractivity contribution in [2.24, 2.45) is 0 Å². The molecule has 0 saturated heterocycles. The first kappa shape index (κ1) is 19.4. The summed E-state index contributed by atoms with van der Waals surface area (Å²) in [5, 5.41) is 9.22. The molecule has 0 atom stereocenters. The number of nitrogens with one attached hydrogen (secondary N) is 2. The number of hydrogen-bond acceptors (Lipinski definition) is 5. The third-order valence-electron chi connectivity index (χ3n) is 3.59. The predicted molar refractivity (Wildman–Crippen MR) is 111 cm³/mol. The Labute approximate surface area is 167 Å². The fourth-order valence-corrected chi connectivity index (χ4v) is 3.09. The zero-order valence-corrected chi connectivity index (χ0v) is 16.0. The van der Waals surface area contributed by atoms with Gasteiger partial charge in [0.25, 0.3) is 0 Å². The van der Waals surface area contributed by atoms with Gasteiger partial charge < -0.3 is 15.2 Å². The predicted octanol–water partition coefficient (Wildman–Crippen LogP) is 4.37. The zero-order chi connectivity index (χ0) is 19.8. The third-order valence-corrected chi connectivity index (χ3v) is 4.59. The number of aromatic nitrogens is 1. The van der Waals surface area contributed by atoms with Crippen molar-refractivity contribution in [2.45, 2.75) is 11.8 Å². The van der Waals surface area contributed by atoms with Gasteiger partial charge in [-0.25, -0.2) is 0 Å². The number of anilines is 2. The van der Waals surface area contributed by atoms with Crippen molar-refractivity contribution in [1.29, 1.82) is 0 Å². The minimum absolute atomic E-state index is 0.182. The molecule has 0 fully saturated rings. The first-order valence-electron chi connectivity index (χ1n) is 8.58. The van der Waals surface area contributed by atoms with Crippen molar-refractivity contribution < 1.29 is 14.1 Å². The lowest BCUT2D eigenvalue weighted by molar-refractivity contribution is -0.114. The van der Waals surface area contributed by atoms with Gasteiger partial charge in [0.05, 0.1) is 5.75 Å². The van der Waals surface area contributed by atoms with Crippen LogP contribution in [0.5, 0.6) is 0 Å². The third kappa shape index (κ3) is 6.14. The molecule has 0 saturated carbocycles. The molecule has 1 aromatic heterocycles. The van der Waals surface area contributed by atoms with Crippen molar-refractivity contribution in [3.8, 4) is 0 Å². The maximum absolute atomic E-state index is 12.1. The Bertz CT molecular complexity index is 983. The van der Waals surface area contributed by atoms with E-state index in [9.17, 15) is 9.59 Å². The fourth-order valence-electron chi connectivity index (χ4n) is 2.34. The van der Waals surface area contributed by atoms with E-state index >= 15 is 0 Å². The highest BCUT2D eigenvalue weighted by Gasteiger charge is 2.07. The molecule has 7 heteroatoms. The van der Waals surface area contributed by atoms with Crippen molar-refractivity contribution in [2.75, 3.05) is 16.4 Å². The summed E-state index contributed by atoms with van der Waals surface area (Å²) in [6, 6.07) is 18.6. The molecule has 2 aromatic carbocycles. The van der Waals surface area contributed by atoms with E-state index in [4.69, 9.17) is 4.52 Å². The molecule has 0 aliphatic carbocycles. The molecule has 3 rings (SSSR count). The fraction of sp³-hybridized carbons (Fsp3) is 0.0952. The van der Waals surface area contributed by atoms with E-state index in [0.717, 1.165) is 10.5 Å². The molecule has 6 nitrogen and oxygen atoms in total. The van der Waals surface area contributed by atoms with Crippen LogP contribution in [0, 0.1) is 6.92 Å². The summed E-state index contributed by atoms with van der Waals surface area (Å²) in [4.78, 5) is 24.9. The van der Waals surface area contributed by atoms with Gasteiger partial charge in [0.2, 0.25) is 11.8 Å². The summed E-state index contributed by atoms with van der Waals surface area (Å²) < 4.78 is 4.91. The van der Waals surface area contributed by atoms with Crippen LogP contribution in [-0.2, 0) is 9.59 Å². The Balaban J connectivity index is 1.51. The summed E-state index contributed by atoms with van der Waals surface area (Å²) in [6.45, 7) is 1.76. The summed E-state index contributed by atoms with van der Waals surface area (Å²) in [5.41, 5.74) is 1.62. The molecule has 0 aliphatic heterocycles. The molecular formula is C21H19N3O3S. The normalized spacial score (nSPS) is 10.8. The van der Waals surface area contributed by atoms with Crippen molar-refractivity contribution in [3.05, 3.63) is 78.1 Å². The van der Waals surface area contributed by atoms with E-state index in [0.29, 0.717) is 17.3 Å². The van der Waals surface area contributed by atoms with Crippen LogP contribution in [0.25, 0.3) is 6.08 Å². The van der Waals surface area contributed by atoms with E-state index < -0.39 is 0 Å². The number of aryl methyl sites for hydroxylation is 1. The highest BCUT2D eigenvalue weighted by Crippen LogP contribution is 2.22. The number of carbonyl (C=O) groups excluding carboxylic acids is 2. The average Bonchev–Trinajstić information content (AvgIpc) is 3.10. The Morgan fingerprint density at radius 1 is 1.07 bits per heavy atom. The van der Waals surface area contributed by atoms with Crippen molar-refractivity contribution in [3.63, 3.8) is 0 Å². The monoisotopic (exact) mass is 393 g/mol. The minimum atomic E-state index is -0.217. The second-order valence-electron chi connectivity index (χ2n) is 5.92. The zero-order valence-electron chi connectivity index (χ0n) is 15.2. The van der Waals surface area contributed by atoms with Gasteiger partial charge in [-0.1, -0.05) is 41.6 Å². The maximum atomic E-state index is 12.1. The van der Waals surface area contributed by atoms with E-state index in [1.807, 2.05) is 48.5 Å². The number of benzene rings is 2. The largest absolute Gasteiger partial charge is 0.360 e. The highest BCUT2D eigenvalue weighted by atomic mass is 32.2. The van der Waals surface area contributed by atoms with Crippen LogP contribution in [0.4, 0.5) is 11.5 Å². The topological polar surface area (TPSA) is 84.2 Å². The number of carbonyl (C=O) groups is 2. The molecule has 2 amide bonds. The molecule has 1 heterocycles. The number of rotatable bonds is 7.